The van der Waals surface area contributed by atoms with Gasteiger partial charge in [-0.25, -0.2) is 0 Å². The number of hydrogen-bond acceptors (Lipinski definition) is 4. The molecule has 1 aromatic heterocycles. The lowest BCUT2D eigenvalue weighted by molar-refractivity contribution is -0.153. The van der Waals surface area contributed by atoms with Gasteiger partial charge in [0.05, 0.1) is 0 Å². The first-order chi connectivity index (χ1) is 14.0. The van der Waals surface area contributed by atoms with Crippen LogP contribution in [0, 0.1) is 0 Å². The van der Waals surface area contributed by atoms with Crippen LogP contribution in [0.25, 0.3) is 0 Å². The van der Waals surface area contributed by atoms with E-state index in [9.17, 15) is 13.2 Å². The van der Waals surface area contributed by atoms with Crippen LogP contribution in [0.15, 0.2) is 73.1 Å². The van der Waals surface area contributed by atoms with Crippen molar-refractivity contribution in [2.75, 3.05) is 6.61 Å². The Bertz CT molecular complexity index is 885. The highest BCUT2D eigenvalue weighted by Crippen LogP contribution is 2.20. The van der Waals surface area contributed by atoms with Gasteiger partial charge in [0.2, 0.25) is 0 Å². The first-order valence-electron chi connectivity index (χ1n) is 9.08. The number of nitrogens with one attached hydrogen (secondary N) is 1. The lowest BCUT2D eigenvalue weighted by atomic mass is 10.2. The maximum Gasteiger partial charge on any atom is 0.422 e. The summed E-state index contributed by atoms with van der Waals surface area (Å²) in [6.07, 6.45) is -0.855. The first kappa shape index (κ1) is 20.7. The molecule has 0 spiro atoms. The van der Waals surface area contributed by atoms with Crippen molar-refractivity contribution >= 4 is 0 Å². The van der Waals surface area contributed by atoms with Gasteiger partial charge >= 0.3 is 6.18 Å². The summed E-state index contributed by atoms with van der Waals surface area (Å²) < 4.78 is 47.2. The number of aromatic nitrogens is 1. The Kier molecular flexibility index (Phi) is 7.08. The van der Waals surface area contributed by atoms with Crippen LogP contribution in [-0.2, 0) is 19.7 Å². The smallest absolute Gasteiger partial charge is 0.422 e. The third kappa shape index (κ3) is 7.12. The standard InChI is InChI=1S/C22H21F3N2O2/c23-22(24,25)16-29-20-9-7-17(8-10-20)12-27-14-19-5-1-2-6-21(19)28-15-18-4-3-11-26-13-18/h1-11,13,27H,12,14-16H2. The van der Waals surface area contributed by atoms with Crippen LogP contribution in [0.1, 0.15) is 16.7 Å². The van der Waals surface area contributed by atoms with Crippen molar-refractivity contribution < 1.29 is 22.6 Å². The van der Waals surface area contributed by atoms with Gasteiger partial charge in [-0.2, -0.15) is 13.2 Å². The zero-order chi connectivity index (χ0) is 20.5. The molecule has 2 aromatic carbocycles. The second-order valence-electron chi connectivity index (χ2n) is 6.41. The normalized spacial score (nSPS) is 11.3. The fourth-order valence-electron chi connectivity index (χ4n) is 2.65. The SMILES string of the molecule is FC(F)(F)COc1ccc(CNCc2ccccc2OCc2cccnc2)cc1. The van der Waals surface area contributed by atoms with Crippen molar-refractivity contribution in [3.8, 4) is 11.5 Å². The van der Waals surface area contributed by atoms with Crippen LogP contribution in [0.4, 0.5) is 13.2 Å². The van der Waals surface area contributed by atoms with Crippen LogP contribution in [0.2, 0.25) is 0 Å². The van der Waals surface area contributed by atoms with E-state index in [1.165, 1.54) is 12.1 Å². The van der Waals surface area contributed by atoms with Crippen LogP contribution in [0.3, 0.4) is 0 Å². The van der Waals surface area contributed by atoms with Gasteiger partial charge in [-0.05, 0) is 29.8 Å². The van der Waals surface area contributed by atoms with Crippen molar-refractivity contribution in [1.82, 2.24) is 10.3 Å². The fraction of sp³-hybridized carbons (Fsp3) is 0.227. The Labute approximate surface area is 167 Å². The summed E-state index contributed by atoms with van der Waals surface area (Å²) in [6, 6.07) is 18.1. The van der Waals surface area contributed by atoms with Gasteiger partial charge in [0.1, 0.15) is 18.1 Å². The van der Waals surface area contributed by atoms with Crippen molar-refractivity contribution in [2.24, 2.45) is 0 Å². The van der Waals surface area contributed by atoms with E-state index in [-0.39, 0.29) is 5.75 Å². The summed E-state index contributed by atoms with van der Waals surface area (Å²) in [6.45, 7) is 0.302. The zero-order valence-electron chi connectivity index (χ0n) is 15.7. The number of rotatable bonds is 9. The van der Waals surface area contributed by atoms with Crippen molar-refractivity contribution in [2.45, 2.75) is 25.9 Å². The summed E-state index contributed by atoms with van der Waals surface area (Å²) in [5.41, 5.74) is 2.95. The number of pyridine rings is 1. The van der Waals surface area contributed by atoms with E-state index in [1.54, 1.807) is 24.5 Å². The average molecular weight is 402 g/mol. The molecule has 4 nitrogen and oxygen atoms in total. The molecule has 0 saturated heterocycles. The molecule has 0 aliphatic rings. The molecule has 0 atom stereocenters. The second-order valence-corrected chi connectivity index (χ2v) is 6.41. The van der Waals surface area contributed by atoms with E-state index in [2.05, 4.69) is 10.3 Å². The lowest BCUT2D eigenvalue weighted by Gasteiger charge is -2.13. The number of nitrogens with zero attached hydrogens (tertiary/aromatic N) is 1. The molecule has 29 heavy (non-hydrogen) atoms. The third-order valence-electron chi connectivity index (χ3n) is 4.06. The van der Waals surface area contributed by atoms with E-state index >= 15 is 0 Å². The molecular weight excluding hydrogens is 381 g/mol. The van der Waals surface area contributed by atoms with Gasteiger partial charge < -0.3 is 14.8 Å². The molecule has 0 fully saturated rings. The van der Waals surface area contributed by atoms with E-state index < -0.39 is 12.8 Å². The molecule has 0 aliphatic carbocycles. The van der Waals surface area contributed by atoms with Crippen molar-refractivity contribution in [1.29, 1.82) is 0 Å². The number of ether oxygens (including phenoxy) is 2. The highest BCUT2D eigenvalue weighted by molar-refractivity contribution is 5.33. The molecule has 0 saturated carbocycles. The topological polar surface area (TPSA) is 43.4 Å². The summed E-state index contributed by atoms with van der Waals surface area (Å²) in [4.78, 5) is 4.08. The van der Waals surface area contributed by atoms with Gasteiger partial charge in [-0.3, -0.25) is 4.98 Å². The predicted molar refractivity (Wildman–Crippen MR) is 104 cm³/mol. The highest BCUT2D eigenvalue weighted by Gasteiger charge is 2.28. The summed E-state index contributed by atoms with van der Waals surface area (Å²) in [5.74, 6) is 0.986. The van der Waals surface area contributed by atoms with Crippen molar-refractivity contribution in [3.05, 3.63) is 89.7 Å². The van der Waals surface area contributed by atoms with Gasteiger partial charge in [-0.15, -0.1) is 0 Å². The monoisotopic (exact) mass is 402 g/mol. The van der Waals surface area contributed by atoms with Gasteiger partial charge in [0.25, 0.3) is 0 Å². The molecule has 0 unspecified atom stereocenters. The number of para-hydroxylation sites is 1. The Morgan fingerprint density at radius 1 is 0.828 bits per heavy atom. The Hall–Kier alpha value is -3.06. The maximum atomic E-state index is 12.2. The summed E-state index contributed by atoms with van der Waals surface area (Å²) >= 11 is 0. The Balaban J connectivity index is 1.49. The van der Waals surface area contributed by atoms with E-state index in [4.69, 9.17) is 9.47 Å². The number of benzene rings is 2. The largest absolute Gasteiger partial charge is 0.489 e. The number of hydrogen-bond donors (Lipinski definition) is 1. The minimum atomic E-state index is -4.34. The van der Waals surface area contributed by atoms with E-state index in [1.807, 2.05) is 36.4 Å². The molecule has 0 radical (unpaired) electrons. The molecule has 0 aliphatic heterocycles. The number of halogens is 3. The minimum absolute atomic E-state index is 0.195. The molecule has 1 heterocycles. The number of alkyl halides is 3. The molecule has 3 aromatic rings. The summed E-state index contributed by atoms with van der Waals surface area (Å²) in [7, 11) is 0. The van der Waals surface area contributed by atoms with Crippen LogP contribution in [0.5, 0.6) is 11.5 Å². The summed E-state index contributed by atoms with van der Waals surface area (Å²) in [5, 5.41) is 3.32. The molecule has 1 N–H and O–H groups in total. The highest BCUT2D eigenvalue weighted by atomic mass is 19.4. The molecule has 3 rings (SSSR count). The lowest BCUT2D eigenvalue weighted by Crippen LogP contribution is -2.19. The Morgan fingerprint density at radius 3 is 2.34 bits per heavy atom. The molecule has 7 heteroatoms. The molecule has 0 amide bonds. The first-order valence-corrected chi connectivity index (χ1v) is 9.08. The predicted octanol–water partition coefficient (Wildman–Crippen LogP) is 4.89. The van der Waals surface area contributed by atoms with Crippen LogP contribution in [-0.4, -0.2) is 17.8 Å². The molecule has 0 bridgehead atoms. The minimum Gasteiger partial charge on any atom is -0.489 e. The van der Waals surface area contributed by atoms with Crippen molar-refractivity contribution in [3.63, 3.8) is 0 Å². The van der Waals surface area contributed by atoms with Gasteiger partial charge in [0.15, 0.2) is 6.61 Å². The van der Waals surface area contributed by atoms with Gasteiger partial charge in [0, 0.05) is 36.6 Å². The third-order valence-corrected chi connectivity index (χ3v) is 4.06. The zero-order valence-corrected chi connectivity index (χ0v) is 15.7. The van der Waals surface area contributed by atoms with Gasteiger partial charge in [-0.1, -0.05) is 36.4 Å². The maximum absolute atomic E-state index is 12.2. The molecular formula is C22H21F3N2O2. The fourth-order valence-corrected chi connectivity index (χ4v) is 2.65. The Morgan fingerprint density at radius 2 is 1.62 bits per heavy atom. The van der Waals surface area contributed by atoms with Crippen LogP contribution < -0.4 is 14.8 Å². The van der Waals surface area contributed by atoms with E-state index in [0.29, 0.717) is 19.7 Å². The average Bonchev–Trinajstić information content (AvgIpc) is 2.73. The second kappa shape index (κ2) is 9.93. The van der Waals surface area contributed by atoms with Crippen LogP contribution >= 0.6 is 0 Å². The quantitative estimate of drug-likeness (QED) is 0.553. The van der Waals surface area contributed by atoms with E-state index in [0.717, 1.165) is 22.4 Å². The molecule has 152 valence electrons.